The van der Waals surface area contributed by atoms with Crippen molar-refractivity contribution in [2.45, 2.75) is 30.6 Å². The van der Waals surface area contributed by atoms with Crippen LogP contribution in [0.15, 0.2) is 30.3 Å². The smallest absolute Gasteiger partial charge is 0.233 e. The Labute approximate surface area is 113 Å². The fraction of sp³-hybridized carbons (Fsp3) is 0.500. The van der Waals surface area contributed by atoms with Crippen LogP contribution in [0.25, 0.3) is 0 Å². The van der Waals surface area contributed by atoms with Gasteiger partial charge in [0.2, 0.25) is 5.91 Å². The zero-order valence-corrected chi connectivity index (χ0v) is 11.2. The van der Waals surface area contributed by atoms with Gasteiger partial charge in [-0.2, -0.15) is 12.6 Å². The van der Waals surface area contributed by atoms with Crippen molar-refractivity contribution in [3.63, 3.8) is 0 Å². The lowest BCUT2D eigenvalue weighted by atomic mass is 10.1. The van der Waals surface area contributed by atoms with Crippen LogP contribution >= 0.6 is 12.6 Å². The van der Waals surface area contributed by atoms with E-state index in [-0.39, 0.29) is 17.3 Å². The molecule has 18 heavy (non-hydrogen) atoms. The molecule has 4 heteroatoms. The molecule has 1 aromatic rings. The quantitative estimate of drug-likeness (QED) is 0.797. The van der Waals surface area contributed by atoms with Crippen LogP contribution in [-0.4, -0.2) is 30.4 Å². The van der Waals surface area contributed by atoms with Crippen LogP contribution < -0.4 is 5.32 Å². The van der Waals surface area contributed by atoms with E-state index < -0.39 is 0 Å². The summed E-state index contributed by atoms with van der Waals surface area (Å²) in [5.74, 6) is -0.0160. The highest BCUT2D eigenvalue weighted by Gasteiger charge is 2.19. The number of benzene rings is 1. The Morgan fingerprint density at radius 3 is 2.89 bits per heavy atom. The molecule has 1 aromatic carbocycles. The highest BCUT2D eigenvalue weighted by Crippen LogP contribution is 2.11. The Kier molecular flexibility index (Phi) is 5.08. The van der Waals surface area contributed by atoms with Gasteiger partial charge in [0.25, 0.3) is 0 Å². The van der Waals surface area contributed by atoms with Crippen molar-refractivity contribution in [1.82, 2.24) is 5.32 Å². The summed E-state index contributed by atoms with van der Waals surface area (Å²) < 4.78 is 5.46. The summed E-state index contributed by atoms with van der Waals surface area (Å²) in [5.41, 5.74) is 1.13. The second-order valence-corrected chi connectivity index (χ2v) is 5.21. The summed E-state index contributed by atoms with van der Waals surface area (Å²) in [6.45, 7) is 1.42. The van der Waals surface area contributed by atoms with Crippen LogP contribution in [-0.2, 0) is 16.0 Å². The molecule has 1 N–H and O–H groups in total. The first-order valence-corrected chi connectivity index (χ1v) is 6.88. The van der Waals surface area contributed by atoms with Crippen molar-refractivity contribution in [1.29, 1.82) is 0 Å². The molecular formula is C14H19NO2S. The number of ether oxygens (including phenoxy) is 1. The van der Waals surface area contributed by atoms with Crippen molar-refractivity contribution >= 4 is 18.5 Å². The second-order valence-electron chi connectivity index (χ2n) is 4.59. The van der Waals surface area contributed by atoms with E-state index >= 15 is 0 Å². The third-order valence-corrected chi connectivity index (χ3v) is 3.52. The highest BCUT2D eigenvalue weighted by molar-refractivity contribution is 7.81. The number of hydrogen-bond acceptors (Lipinski definition) is 3. The van der Waals surface area contributed by atoms with Gasteiger partial charge in [-0.3, -0.25) is 4.79 Å². The van der Waals surface area contributed by atoms with Gasteiger partial charge in [-0.1, -0.05) is 30.3 Å². The predicted octanol–water partition coefficient (Wildman–Crippen LogP) is 1.82. The van der Waals surface area contributed by atoms with Gasteiger partial charge >= 0.3 is 0 Å². The number of carbonyl (C=O) groups excluding carboxylic acids is 1. The van der Waals surface area contributed by atoms with Crippen molar-refractivity contribution < 1.29 is 9.53 Å². The van der Waals surface area contributed by atoms with E-state index in [0.29, 0.717) is 13.0 Å². The monoisotopic (exact) mass is 265 g/mol. The molecule has 1 aliphatic rings. The molecule has 0 bridgehead atoms. The number of hydrogen-bond donors (Lipinski definition) is 2. The van der Waals surface area contributed by atoms with Gasteiger partial charge in [0, 0.05) is 13.2 Å². The van der Waals surface area contributed by atoms with Crippen LogP contribution in [0.4, 0.5) is 0 Å². The molecule has 2 atom stereocenters. The van der Waals surface area contributed by atoms with Gasteiger partial charge in [-0.25, -0.2) is 0 Å². The Bertz CT molecular complexity index is 377. The third kappa shape index (κ3) is 4.03. The lowest BCUT2D eigenvalue weighted by Gasteiger charge is -2.14. The van der Waals surface area contributed by atoms with Crippen LogP contribution in [0.1, 0.15) is 18.4 Å². The summed E-state index contributed by atoms with van der Waals surface area (Å²) in [5, 5.41) is 2.61. The van der Waals surface area contributed by atoms with Gasteiger partial charge in [0.05, 0.1) is 11.4 Å². The van der Waals surface area contributed by atoms with Crippen LogP contribution in [0.5, 0.6) is 0 Å². The first kappa shape index (κ1) is 13.4. The minimum absolute atomic E-state index is 0.0160. The lowest BCUT2D eigenvalue weighted by Crippen LogP contribution is -2.37. The number of nitrogens with one attached hydrogen (secondary N) is 1. The summed E-state index contributed by atoms with van der Waals surface area (Å²) in [4.78, 5) is 11.9. The maximum atomic E-state index is 11.9. The van der Waals surface area contributed by atoms with Crippen molar-refractivity contribution in [2.75, 3.05) is 13.2 Å². The normalized spacial score (nSPS) is 20.6. The largest absolute Gasteiger partial charge is 0.376 e. The molecule has 98 valence electrons. The molecule has 1 saturated heterocycles. The molecule has 1 fully saturated rings. The number of thiol groups is 1. The molecule has 0 saturated carbocycles. The molecule has 0 radical (unpaired) electrons. The van der Waals surface area contributed by atoms with Gasteiger partial charge < -0.3 is 10.1 Å². The van der Waals surface area contributed by atoms with E-state index in [1.165, 1.54) is 0 Å². The van der Waals surface area contributed by atoms with Crippen molar-refractivity contribution in [3.8, 4) is 0 Å². The van der Waals surface area contributed by atoms with E-state index in [1.807, 2.05) is 30.3 Å². The molecular weight excluding hydrogens is 246 g/mol. The molecule has 1 amide bonds. The third-order valence-electron chi connectivity index (χ3n) is 3.10. The minimum atomic E-state index is -0.297. The van der Waals surface area contributed by atoms with E-state index in [1.54, 1.807) is 0 Å². The Hall–Kier alpha value is -1.00. The van der Waals surface area contributed by atoms with Gasteiger partial charge in [0.15, 0.2) is 0 Å². The Morgan fingerprint density at radius 1 is 1.44 bits per heavy atom. The zero-order chi connectivity index (χ0) is 12.8. The van der Waals surface area contributed by atoms with Gasteiger partial charge in [-0.05, 0) is 24.8 Å². The molecule has 1 aliphatic heterocycles. The first-order chi connectivity index (χ1) is 8.75. The highest BCUT2D eigenvalue weighted by atomic mass is 32.1. The lowest BCUT2D eigenvalue weighted by molar-refractivity contribution is -0.121. The predicted molar refractivity (Wildman–Crippen MR) is 74.9 cm³/mol. The first-order valence-electron chi connectivity index (χ1n) is 6.37. The van der Waals surface area contributed by atoms with E-state index in [9.17, 15) is 4.79 Å². The summed E-state index contributed by atoms with van der Waals surface area (Å²) in [6, 6.07) is 9.93. The summed E-state index contributed by atoms with van der Waals surface area (Å²) in [6.07, 6.45) is 2.97. The fourth-order valence-electron chi connectivity index (χ4n) is 2.07. The Balaban J connectivity index is 1.74. The molecule has 2 rings (SSSR count). The standard InChI is InChI=1S/C14H19NO2S/c16-14(15-10-12-7-4-8-17-12)13(18)9-11-5-2-1-3-6-11/h1-3,5-6,12-13,18H,4,7-10H2,(H,15,16). The average Bonchev–Trinajstić information content (AvgIpc) is 2.90. The SMILES string of the molecule is O=C(NCC1CCCO1)C(S)Cc1ccccc1. The second kappa shape index (κ2) is 6.81. The van der Waals surface area contributed by atoms with Crippen LogP contribution in [0.3, 0.4) is 0 Å². The summed E-state index contributed by atoms with van der Waals surface area (Å²) >= 11 is 4.36. The molecule has 1 heterocycles. The Morgan fingerprint density at radius 2 is 2.22 bits per heavy atom. The molecule has 2 unspecified atom stereocenters. The molecule has 0 aliphatic carbocycles. The average molecular weight is 265 g/mol. The number of amides is 1. The van der Waals surface area contributed by atoms with Crippen LogP contribution in [0.2, 0.25) is 0 Å². The maximum Gasteiger partial charge on any atom is 0.233 e. The molecule has 0 aromatic heterocycles. The molecule has 3 nitrogen and oxygen atoms in total. The van der Waals surface area contributed by atoms with E-state index in [2.05, 4.69) is 17.9 Å². The van der Waals surface area contributed by atoms with E-state index in [0.717, 1.165) is 25.0 Å². The maximum absolute atomic E-state index is 11.9. The summed E-state index contributed by atoms with van der Waals surface area (Å²) in [7, 11) is 0. The van der Waals surface area contributed by atoms with Crippen molar-refractivity contribution in [3.05, 3.63) is 35.9 Å². The number of carbonyl (C=O) groups is 1. The van der Waals surface area contributed by atoms with Crippen LogP contribution in [0, 0.1) is 0 Å². The van der Waals surface area contributed by atoms with Gasteiger partial charge in [-0.15, -0.1) is 0 Å². The van der Waals surface area contributed by atoms with Gasteiger partial charge in [0.1, 0.15) is 0 Å². The van der Waals surface area contributed by atoms with E-state index in [4.69, 9.17) is 4.74 Å². The fourth-order valence-corrected chi connectivity index (χ4v) is 2.37. The zero-order valence-electron chi connectivity index (χ0n) is 10.3. The topological polar surface area (TPSA) is 38.3 Å². The minimum Gasteiger partial charge on any atom is -0.376 e. The van der Waals surface area contributed by atoms with Crippen molar-refractivity contribution in [2.24, 2.45) is 0 Å². The molecule has 0 spiro atoms. The number of rotatable bonds is 5.